The summed E-state index contributed by atoms with van der Waals surface area (Å²) in [6.45, 7) is 3.96. The second kappa shape index (κ2) is 9.34. The van der Waals surface area contributed by atoms with Crippen molar-refractivity contribution < 1.29 is 32.2 Å². The van der Waals surface area contributed by atoms with Crippen LogP contribution in [0.1, 0.15) is 29.8 Å². The maximum atomic E-state index is 13.0. The zero-order valence-corrected chi connectivity index (χ0v) is 17.5. The molecule has 0 unspecified atom stereocenters. The lowest BCUT2D eigenvalue weighted by Gasteiger charge is -2.07. The summed E-state index contributed by atoms with van der Waals surface area (Å²) in [4.78, 5) is 28.9. The number of thiazole rings is 1. The molecule has 1 amide bonds. The molecule has 31 heavy (non-hydrogen) atoms. The van der Waals surface area contributed by atoms with Gasteiger partial charge in [0.1, 0.15) is 12.3 Å². The monoisotopic (exact) mass is 452 g/mol. The van der Waals surface area contributed by atoms with Crippen molar-refractivity contribution in [1.82, 2.24) is 4.57 Å². The standard InChI is InChI=1S/C21H19F3N2O4S/c1-3-29-15-8-9-16-17(11-15)31-20(26(16)12-18(27)30-4-2)25-19(28)13-6-5-7-14(10-13)21(22,23)24/h5-11H,3-4,12H2,1-2H3. The number of halogens is 3. The minimum atomic E-state index is -4.58. The molecule has 0 fully saturated rings. The van der Waals surface area contributed by atoms with E-state index in [9.17, 15) is 22.8 Å². The van der Waals surface area contributed by atoms with E-state index < -0.39 is 23.6 Å². The number of ether oxygens (including phenoxy) is 2. The second-order valence-corrected chi connectivity index (χ2v) is 7.34. The van der Waals surface area contributed by atoms with Crippen LogP contribution in [0.4, 0.5) is 13.2 Å². The molecule has 0 saturated carbocycles. The summed E-state index contributed by atoms with van der Waals surface area (Å²) in [6.07, 6.45) is -4.58. The Morgan fingerprint density at radius 1 is 1.10 bits per heavy atom. The van der Waals surface area contributed by atoms with Crippen molar-refractivity contribution in [2.45, 2.75) is 26.6 Å². The number of rotatable bonds is 6. The summed E-state index contributed by atoms with van der Waals surface area (Å²) in [5.41, 5.74) is -0.521. The van der Waals surface area contributed by atoms with Crippen molar-refractivity contribution >= 4 is 33.4 Å². The van der Waals surface area contributed by atoms with Gasteiger partial charge in [-0.2, -0.15) is 18.2 Å². The van der Waals surface area contributed by atoms with Crippen LogP contribution in [-0.4, -0.2) is 29.7 Å². The van der Waals surface area contributed by atoms with Crippen LogP contribution in [0.5, 0.6) is 5.75 Å². The molecule has 2 aromatic carbocycles. The molecule has 1 aromatic heterocycles. The summed E-state index contributed by atoms with van der Waals surface area (Å²) in [5.74, 6) is -0.764. The van der Waals surface area contributed by atoms with Crippen LogP contribution >= 0.6 is 11.3 Å². The van der Waals surface area contributed by atoms with Crippen molar-refractivity contribution in [3.05, 3.63) is 58.4 Å². The molecule has 164 valence electrons. The quantitative estimate of drug-likeness (QED) is 0.519. The Morgan fingerprint density at radius 2 is 1.87 bits per heavy atom. The average Bonchev–Trinajstić information content (AvgIpc) is 3.04. The molecule has 0 radical (unpaired) electrons. The molecular weight excluding hydrogens is 433 g/mol. The molecule has 0 aliphatic heterocycles. The highest BCUT2D eigenvalue weighted by Crippen LogP contribution is 2.29. The summed E-state index contributed by atoms with van der Waals surface area (Å²) >= 11 is 1.12. The number of carbonyl (C=O) groups is 2. The third kappa shape index (κ3) is 5.32. The van der Waals surface area contributed by atoms with Crippen LogP contribution in [0.25, 0.3) is 10.2 Å². The third-order valence-corrected chi connectivity index (χ3v) is 5.23. The fourth-order valence-corrected chi connectivity index (χ4v) is 3.92. The maximum Gasteiger partial charge on any atom is 0.416 e. The molecule has 3 aromatic rings. The number of amides is 1. The van der Waals surface area contributed by atoms with E-state index in [4.69, 9.17) is 9.47 Å². The van der Waals surface area contributed by atoms with Crippen LogP contribution in [0.3, 0.4) is 0 Å². The van der Waals surface area contributed by atoms with Gasteiger partial charge in [-0.15, -0.1) is 0 Å². The summed E-state index contributed by atoms with van der Waals surface area (Å²) in [7, 11) is 0. The number of alkyl halides is 3. The second-order valence-electron chi connectivity index (χ2n) is 6.33. The minimum Gasteiger partial charge on any atom is -0.494 e. The van der Waals surface area contributed by atoms with Crippen molar-refractivity contribution in [3.63, 3.8) is 0 Å². The number of aromatic nitrogens is 1. The minimum absolute atomic E-state index is 0.166. The first-order valence-electron chi connectivity index (χ1n) is 9.41. The molecule has 0 atom stereocenters. The van der Waals surface area contributed by atoms with Crippen molar-refractivity contribution in [2.75, 3.05) is 13.2 Å². The van der Waals surface area contributed by atoms with E-state index in [1.54, 1.807) is 25.1 Å². The first kappa shape index (κ1) is 22.5. The van der Waals surface area contributed by atoms with Crippen LogP contribution in [0, 0.1) is 0 Å². The Bertz CT molecular complexity index is 1180. The summed E-state index contributed by atoms with van der Waals surface area (Å²) < 4.78 is 51.6. The molecule has 0 aliphatic carbocycles. The largest absolute Gasteiger partial charge is 0.494 e. The third-order valence-electron chi connectivity index (χ3n) is 4.19. The molecule has 0 saturated heterocycles. The van der Waals surface area contributed by atoms with Crippen LogP contribution in [0.2, 0.25) is 0 Å². The number of nitrogens with zero attached hydrogens (tertiary/aromatic N) is 2. The number of hydrogen-bond acceptors (Lipinski definition) is 5. The van der Waals surface area contributed by atoms with E-state index in [1.807, 2.05) is 6.92 Å². The molecule has 3 rings (SSSR count). The van der Waals surface area contributed by atoms with E-state index in [1.165, 1.54) is 10.6 Å². The van der Waals surface area contributed by atoms with Gasteiger partial charge in [-0.25, -0.2) is 0 Å². The van der Waals surface area contributed by atoms with Gasteiger partial charge in [0.2, 0.25) is 0 Å². The molecule has 0 spiro atoms. The van der Waals surface area contributed by atoms with Gasteiger partial charge in [0.25, 0.3) is 5.91 Å². The Labute approximate surface area is 179 Å². The maximum absolute atomic E-state index is 13.0. The van der Waals surface area contributed by atoms with Gasteiger partial charge >= 0.3 is 12.1 Å². The van der Waals surface area contributed by atoms with Crippen LogP contribution in [-0.2, 0) is 22.3 Å². The molecule has 0 aliphatic rings. The van der Waals surface area contributed by atoms with Crippen LogP contribution < -0.4 is 9.54 Å². The lowest BCUT2D eigenvalue weighted by Crippen LogP contribution is -2.23. The first-order valence-corrected chi connectivity index (χ1v) is 10.2. The molecule has 0 N–H and O–H groups in total. The molecule has 6 nitrogen and oxygen atoms in total. The SMILES string of the molecule is CCOC(=O)Cn1c(=NC(=O)c2cccc(C(F)(F)F)c2)sc2cc(OCC)ccc21. The molecule has 1 heterocycles. The van der Waals surface area contributed by atoms with Gasteiger partial charge in [0, 0.05) is 5.56 Å². The van der Waals surface area contributed by atoms with E-state index in [0.717, 1.165) is 29.5 Å². The zero-order chi connectivity index (χ0) is 22.6. The van der Waals surface area contributed by atoms with Crippen molar-refractivity contribution in [3.8, 4) is 5.75 Å². The van der Waals surface area contributed by atoms with E-state index in [2.05, 4.69) is 4.99 Å². The van der Waals surface area contributed by atoms with Gasteiger partial charge in [0.15, 0.2) is 4.80 Å². The fraction of sp³-hybridized carbons (Fsp3) is 0.286. The highest BCUT2D eigenvalue weighted by molar-refractivity contribution is 7.16. The lowest BCUT2D eigenvalue weighted by atomic mass is 10.1. The highest BCUT2D eigenvalue weighted by atomic mass is 32.1. The topological polar surface area (TPSA) is 69.9 Å². The smallest absolute Gasteiger partial charge is 0.416 e. The number of esters is 1. The zero-order valence-electron chi connectivity index (χ0n) is 16.7. The predicted molar refractivity (Wildman–Crippen MR) is 109 cm³/mol. The van der Waals surface area contributed by atoms with Crippen molar-refractivity contribution in [1.29, 1.82) is 0 Å². The molecule has 0 bridgehead atoms. The Kier molecular flexibility index (Phi) is 6.79. The van der Waals surface area contributed by atoms with E-state index >= 15 is 0 Å². The fourth-order valence-electron chi connectivity index (χ4n) is 2.86. The van der Waals surface area contributed by atoms with Crippen molar-refractivity contribution in [2.24, 2.45) is 4.99 Å². The number of fused-ring (bicyclic) bond motifs is 1. The number of hydrogen-bond donors (Lipinski definition) is 0. The Morgan fingerprint density at radius 3 is 2.55 bits per heavy atom. The number of benzene rings is 2. The molecular formula is C21H19F3N2O4S. The van der Waals surface area contributed by atoms with Gasteiger partial charge in [-0.3, -0.25) is 9.59 Å². The predicted octanol–water partition coefficient (Wildman–Crippen LogP) is 4.42. The van der Waals surface area contributed by atoms with Gasteiger partial charge in [0.05, 0.1) is 29.0 Å². The van der Waals surface area contributed by atoms with Gasteiger partial charge in [-0.1, -0.05) is 17.4 Å². The lowest BCUT2D eigenvalue weighted by molar-refractivity contribution is -0.143. The van der Waals surface area contributed by atoms with Crippen LogP contribution in [0.15, 0.2) is 47.5 Å². The van der Waals surface area contributed by atoms with Gasteiger partial charge in [-0.05, 0) is 50.2 Å². The average molecular weight is 452 g/mol. The number of carbonyl (C=O) groups excluding carboxylic acids is 2. The normalized spacial score (nSPS) is 12.2. The van der Waals surface area contributed by atoms with E-state index in [-0.39, 0.29) is 23.5 Å². The molecule has 10 heteroatoms. The Hall–Kier alpha value is -3.14. The van der Waals surface area contributed by atoms with E-state index in [0.29, 0.717) is 22.6 Å². The first-order chi connectivity index (χ1) is 14.7. The summed E-state index contributed by atoms with van der Waals surface area (Å²) in [6, 6.07) is 9.24. The highest BCUT2D eigenvalue weighted by Gasteiger charge is 2.30. The summed E-state index contributed by atoms with van der Waals surface area (Å²) in [5, 5.41) is 0. The Balaban J connectivity index is 2.09. The van der Waals surface area contributed by atoms with Gasteiger partial charge < -0.3 is 14.0 Å².